The van der Waals surface area contributed by atoms with E-state index in [1.165, 1.54) is 23.9 Å². The fourth-order valence-corrected chi connectivity index (χ4v) is 2.41. The number of thioether (sulfide) groups is 1. The smallest absolute Gasteiger partial charge is 0.151 e. The standard InChI is InChI=1S/C8H6BrFOS/c1-12-8-5(4-11)2-6(10)3-7(8)9/h2-4H,1H3. The van der Waals surface area contributed by atoms with Crippen LogP contribution in [-0.4, -0.2) is 12.5 Å². The van der Waals surface area contributed by atoms with Gasteiger partial charge in [-0.05, 0) is 34.3 Å². The Labute approximate surface area is 82.5 Å². The maximum absolute atomic E-state index is 12.7. The molecule has 4 heteroatoms. The molecular weight excluding hydrogens is 243 g/mol. The zero-order chi connectivity index (χ0) is 9.14. The van der Waals surface area contributed by atoms with Gasteiger partial charge in [0.05, 0.1) is 0 Å². The summed E-state index contributed by atoms with van der Waals surface area (Å²) in [6.45, 7) is 0. The Morgan fingerprint density at radius 3 is 2.75 bits per heavy atom. The van der Waals surface area contributed by atoms with Gasteiger partial charge < -0.3 is 0 Å². The van der Waals surface area contributed by atoms with Gasteiger partial charge in [-0.2, -0.15) is 0 Å². The molecule has 0 atom stereocenters. The van der Waals surface area contributed by atoms with Crippen molar-refractivity contribution in [2.45, 2.75) is 4.90 Å². The van der Waals surface area contributed by atoms with Crippen LogP contribution in [0.15, 0.2) is 21.5 Å². The summed E-state index contributed by atoms with van der Waals surface area (Å²) in [6, 6.07) is 2.57. The fourth-order valence-electron chi connectivity index (χ4n) is 0.883. The first-order chi connectivity index (χ1) is 5.69. The Hall–Kier alpha value is -0.350. The van der Waals surface area contributed by atoms with Crippen LogP contribution in [0.25, 0.3) is 0 Å². The molecule has 12 heavy (non-hydrogen) atoms. The number of aldehydes is 1. The highest BCUT2D eigenvalue weighted by Crippen LogP contribution is 2.29. The van der Waals surface area contributed by atoms with Crippen LogP contribution in [0, 0.1) is 5.82 Å². The molecule has 64 valence electrons. The van der Waals surface area contributed by atoms with E-state index in [-0.39, 0.29) is 0 Å². The summed E-state index contributed by atoms with van der Waals surface area (Å²) >= 11 is 4.59. The molecule has 0 heterocycles. The molecule has 1 aromatic carbocycles. The van der Waals surface area contributed by atoms with Crippen LogP contribution in [0.5, 0.6) is 0 Å². The predicted octanol–water partition coefficient (Wildman–Crippen LogP) is 3.12. The first kappa shape index (κ1) is 9.74. The lowest BCUT2D eigenvalue weighted by molar-refractivity contribution is 0.112. The average Bonchev–Trinajstić information content (AvgIpc) is 2.03. The molecule has 1 aromatic rings. The number of carbonyl (C=O) groups is 1. The van der Waals surface area contributed by atoms with Gasteiger partial charge in [0.2, 0.25) is 0 Å². The molecule has 0 unspecified atom stereocenters. The lowest BCUT2D eigenvalue weighted by atomic mass is 10.2. The topological polar surface area (TPSA) is 17.1 Å². The zero-order valence-corrected chi connectivity index (χ0v) is 8.71. The Balaban J connectivity index is 3.33. The highest BCUT2D eigenvalue weighted by molar-refractivity contribution is 9.10. The molecule has 0 fully saturated rings. The number of hydrogen-bond acceptors (Lipinski definition) is 2. The van der Waals surface area contributed by atoms with E-state index in [0.29, 0.717) is 16.3 Å². The first-order valence-corrected chi connectivity index (χ1v) is 5.19. The molecule has 0 amide bonds. The Kier molecular flexibility index (Phi) is 3.29. The van der Waals surface area contributed by atoms with Crippen molar-refractivity contribution >= 4 is 34.0 Å². The maximum atomic E-state index is 12.7. The molecule has 0 aliphatic rings. The largest absolute Gasteiger partial charge is 0.298 e. The summed E-state index contributed by atoms with van der Waals surface area (Å²) in [4.78, 5) is 11.3. The highest BCUT2D eigenvalue weighted by atomic mass is 79.9. The van der Waals surface area contributed by atoms with Gasteiger partial charge in [-0.1, -0.05) is 0 Å². The first-order valence-electron chi connectivity index (χ1n) is 3.17. The number of halogens is 2. The molecule has 0 saturated carbocycles. The van der Waals surface area contributed by atoms with E-state index in [9.17, 15) is 9.18 Å². The summed E-state index contributed by atoms with van der Waals surface area (Å²) in [5, 5.41) is 0. The Morgan fingerprint density at radius 1 is 1.58 bits per heavy atom. The summed E-state index contributed by atoms with van der Waals surface area (Å²) in [6.07, 6.45) is 2.49. The minimum absolute atomic E-state index is 0.384. The molecule has 1 nitrogen and oxygen atoms in total. The third-order valence-corrected chi connectivity index (χ3v) is 3.12. The number of hydrogen-bond donors (Lipinski definition) is 0. The monoisotopic (exact) mass is 248 g/mol. The normalized spacial score (nSPS) is 9.92. The highest BCUT2D eigenvalue weighted by Gasteiger charge is 2.07. The van der Waals surface area contributed by atoms with E-state index in [2.05, 4.69) is 15.9 Å². The number of carbonyl (C=O) groups excluding carboxylic acids is 1. The van der Waals surface area contributed by atoms with E-state index in [1.807, 2.05) is 6.26 Å². The van der Waals surface area contributed by atoms with Gasteiger partial charge in [0.1, 0.15) is 5.82 Å². The van der Waals surface area contributed by atoms with E-state index >= 15 is 0 Å². The maximum Gasteiger partial charge on any atom is 0.151 e. The fraction of sp³-hybridized carbons (Fsp3) is 0.125. The van der Waals surface area contributed by atoms with E-state index in [4.69, 9.17) is 0 Å². The van der Waals surface area contributed by atoms with Crippen molar-refractivity contribution in [3.8, 4) is 0 Å². The molecule has 1 rings (SSSR count). The van der Waals surface area contributed by atoms with Crippen molar-refractivity contribution < 1.29 is 9.18 Å². The molecule has 0 bridgehead atoms. The van der Waals surface area contributed by atoms with Gasteiger partial charge in [-0.25, -0.2) is 4.39 Å². The molecule has 0 radical (unpaired) electrons. The quantitative estimate of drug-likeness (QED) is 0.591. The van der Waals surface area contributed by atoms with Crippen LogP contribution < -0.4 is 0 Å². The molecule has 0 aliphatic carbocycles. The van der Waals surface area contributed by atoms with Crippen LogP contribution in [0.1, 0.15) is 10.4 Å². The zero-order valence-electron chi connectivity index (χ0n) is 6.30. The van der Waals surface area contributed by atoms with Crippen LogP contribution in [0.2, 0.25) is 0 Å². The minimum Gasteiger partial charge on any atom is -0.298 e. The lowest BCUT2D eigenvalue weighted by Gasteiger charge is -2.03. The molecular formula is C8H6BrFOS. The van der Waals surface area contributed by atoms with Gasteiger partial charge >= 0.3 is 0 Å². The molecule has 0 aromatic heterocycles. The van der Waals surface area contributed by atoms with E-state index in [0.717, 1.165) is 4.90 Å². The van der Waals surface area contributed by atoms with Crippen LogP contribution in [0.3, 0.4) is 0 Å². The van der Waals surface area contributed by atoms with Gasteiger partial charge in [0.15, 0.2) is 6.29 Å². The lowest BCUT2D eigenvalue weighted by Crippen LogP contribution is -1.88. The second kappa shape index (κ2) is 4.05. The Morgan fingerprint density at radius 2 is 2.25 bits per heavy atom. The third kappa shape index (κ3) is 1.87. The molecule has 0 aliphatic heterocycles. The van der Waals surface area contributed by atoms with Crippen LogP contribution in [0.4, 0.5) is 4.39 Å². The summed E-state index contributed by atoms with van der Waals surface area (Å²) < 4.78 is 13.4. The van der Waals surface area contributed by atoms with Gasteiger partial charge in [-0.15, -0.1) is 11.8 Å². The SMILES string of the molecule is CSc1c(Br)cc(F)cc1C=O. The van der Waals surface area contributed by atoms with Gasteiger partial charge in [-0.3, -0.25) is 4.79 Å². The van der Waals surface area contributed by atoms with Crippen molar-refractivity contribution in [3.05, 3.63) is 28.0 Å². The number of benzene rings is 1. The summed E-state index contributed by atoms with van der Waals surface area (Å²) in [7, 11) is 0. The predicted molar refractivity (Wildman–Crippen MR) is 51.3 cm³/mol. The third-order valence-electron chi connectivity index (χ3n) is 1.37. The van der Waals surface area contributed by atoms with Crippen molar-refractivity contribution in [3.63, 3.8) is 0 Å². The molecule has 0 N–H and O–H groups in total. The van der Waals surface area contributed by atoms with E-state index in [1.54, 1.807) is 0 Å². The number of rotatable bonds is 2. The second-order valence-corrected chi connectivity index (χ2v) is 3.80. The minimum atomic E-state index is -0.401. The van der Waals surface area contributed by atoms with Crippen LogP contribution in [-0.2, 0) is 0 Å². The second-order valence-electron chi connectivity index (χ2n) is 2.13. The van der Waals surface area contributed by atoms with Crippen molar-refractivity contribution in [1.29, 1.82) is 0 Å². The molecule has 0 saturated heterocycles. The van der Waals surface area contributed by atoms with Crippen molar-refractivity contribution in [2.75, 3.05) is 6.26 Å². The molecule has 0 spiro atoms. The summed E-state index contributed by atoms with van der Waals surface area (Å²) in [5.41, 5.74) is 0.384. The summed E-state index contributed by atoms with van der Waals surface area (Å²) in [5.74, 6) is -0.401. The van der Waals surface area contributed by atoms with E-state index < -0.39 is 5.82 Å². The Bertz CT molecular complexity index is 314. The van der Waals surface area contributed by atoms with Crippen molar-refractivity contribution in [1.82, 2.24) is 0 Å². The van der Waals surface area contributed by atoms with Crippen LogP contribution >= 0.6 is 27.7 Å². The van der Waals surface area contributed by atoms with Gasteiger partial charge in [0.25, 0.3) is 0 Å². The van der Waals surface area contributed by atoms with Crippen molar-refractivity contribution in [2.24, 2.45) is 0 Å². The van der Waals surface area contributed by atoms with Gasteiger partial charge in [0, 0.05) is 14.9 Å². The average molecular weight is 249 g/mol.